The first-order chi connectivity index (χ1) is 7.20. The highest BCUT2D eigenvalue weighted by Gasteiger charge is 2.13. The molecule has 90 valence electrons. The molecule has 0 spiro atoms. The summed E-state index contributed by atoms with van der Waals surface area (Å²) in [7, 11) is 2.13. The van der Waals surface area contributed by atoms with Crippen molar-refractivity contribution in [2.45, 2.75) is 13.0 Å². The maximum atomic E-state index is 5.67. The van der Waals surface area contributed by atoms with Crippen molar-refractivity contribution in [3.63, 3.8) is 0 Å². The number of hydrogen-bond acceptors (Lipinski definition) is 4. The smallest absolute Gasteiger partial charge is 0.150 e. The van der Waals surface area contributed by atoms with Crippen LogP contribution in [-0.4, -0.2) is 24.3 Å². The number of hydrazone groups is 1. The molecule has 5 heteroatoms. The van der Waals surface area contributed by atoms with E-state index in [1.165, 1.54) is 11.1 Å². The highest BCUT2D eigenvalue weighted by atomic mass is 15.2. The molecule has 0 aromatic heterocycles. The zero-order valence-electron chi connectivity index (χ0n) is 9.61. The molecule has 1 aliphatic rings. The molecule has 1 aromatic rings. The fraction of sp³-hybridized carbons (Fsp3) is 0.364. The SMILES string of the molecule is CN1CCc2cc(/C(N)=N/N)ccc2C1.N.[HH]. The fourth-order valence-corrected chi connectivity index (χ4v) is 1.93. The van der Waals surface area contributed by atoms with Crippen molar-refractivity contribution in [2.75, 3.05) is 13.6 Å². The van der Waals surface area contributed by atoms with Gasteiger partial charge in [0.25, 0.3) is 0 Å². The third kappa shape index (κ3) is 2.32. The first-order valence-corrected chi connectivity index (χ1v) is 5.05. The van der Waals surface area contributed by atoms with Crippen LogP contribution < -0.4 is 17.7 Å². The lowest BCUT2D eigenvalue weighted by Gasteiger charge is -2.25. The van der Waals surface area contributed by atoms with E-state index in [1.807, 2.05) is 6.07 Å². The summed E-state index contributed by atoms with van der Waals surface area (Å²) >= 11 is 0. The second kappa shape index (κ2) is 4.96. The van der Waals surface area contributed by atoms with Crippen LogP contribution in [0.5, 0.6) is 0 Å². The van der Waals surface area contributed by atoms with E-state index in [1.54, 1.807) is 0 Å². The molecule has 0 saturated carbocycles. The molecule has 5 nitrogen and oxygen atoms in total. The van der Waals surface area contributed by atoms with Crippen molar-refractivity contribution in [2.24, 2.45) is 16.7 Å². The number of benzene rings is 1. The van der Waals surface area contributed by atoms with E-state index in [4.69, 9.17) is 11.6 Å². The number of nitrogens with two attached hydrogens (primary N) is 2. The molecule has 1 aromatic carbocycles. The van der Waals surface area contributed by atoms with Gasteiger partial charge in [0, 0.05) is 20.1 Å². The Labute approximate surface area is 97.2 Å². The normalized spacial score (nSPS) is 16.4. The summed E-state index contributed by atoms with van der Waals surface area (Å²) in [5.41, 5.74) is 9.32. The van der Waals surface area contributed by atoms with Crippen molar-refractivity contribution in [1.29, 1.82) is 0 Å². The molecule has 0 atom stereocenters. The summed E-state index contributed by atoms with van der Waals surface area (Å²) < 4.78 is 0. The predicted molar refractivity (Wildman–Crippen MR) is 68.5 cm³/mol. The molecule has 0 bridgehead atoms. The largest absolute Gasteiger partial charge is 0.382 e. The van der Waals surface area contributed by atoms with Gasteiger partial charge in [-0.3, -0.25) is 0 Å². The van der Waals surface area contributed by atoms with Crippen molar-refractivity contribution in [1.82, 2.24) is 11.1 Å². The Morgan fingerprint density at radius 3 is 2.88 bits per heavy atom. The van der Waals surface area contributed by atoms with Gasteiger partial charge < -0.3 is 22.6 Å². The number of likely N-dealkylation sites (N-methyl/N-ethyl adjacent to an activating group) is 1. The van der Waals surface area contributed by atoms with Gasteiger partial charge in [-0.25, -0.2) is 0 Å². The highest BCUT2D eigenvalue weighted by molar-refractivity contribution is 5.97. The molecular weight excluding hydrogens is 202 g/mol. The highest BCUT2D eigenvalue weighted by Crippen LogP contribution is 2.19. The number of hydrogen-bond donors (Lipinski definition) is 3. The maximum Gasteiger partial charge on any atom is 0.150 e. The van der Waals surface area contributed by atoms with Crippen LogP contribution in [0.1, 0.15) is 18.1 Å². The molecule has 2 rings (SSSR count). The van der Waals surface area contributed by atoms with E-state index in [2.05, 4.69) is 29.2 Å². The third-order valence-corrected chi connectivity index (χ3v) is 2.84. The maximum absolute atomic E-state index is 5.67. The number of rotatable bonds is 1. The number of nitrogens with zero attached hydrogens (tertiary/aromatic N) is 2. The summed E-state index contributed by atoms with van der Waals surface area (Å²) in [5.74, 6) is 5.56. The van der Waals surface area contributed by atoms with Crippen molar-refractivity contribution in [3.05, 3.63) is 34.9 Å². The molecule has 0 amide bonds. The zero-order valence-corrected chi connectivity index (χ0v) is 9.61. The average molecular weight is 223 g/mol. The van der Waals surface area contributed by atoms with Gasteiger partial charge in [0.2, 0.25) is 0 Å². The lowest BCUT2D eigenvalue weighted by molar-refractivity contribution is 0.313. The average Bonchev–Trinajstić information content (AvgIpc) is 2.27. The van der Waals surface area contributed by atoms with E-state index in [0.29, 0.717) is 5.84 Å². The second-order valence-corrected chi connectivity index (χ2v) is 3.99. The van der Waals surface area contributed by atoms with E-state index >= 15 is 0 Å². The van der Waals surface area contributed by atoms with Crippen LogP contribution in [0.2, 0.25) is 0 Å². The van der Waals surface area contributed by atoms with Crippen LogP contribution in [0.4, 0.5) is 0 Å². The Hall–Kier alpha value is -1.59. The van der Waals surface area contributed by atoms with Crippen LogP contribution in [-0.2, 0) is 13.0 Å². The van der Waals surface area contributed by atoms with Crippen molar-refractivity contribution in [3.8, 4) is 0 Å². The first kappa shape index (κ1) is 12.5. The summed E-state index contributed by atoms with van der Waals surface area (Å²) in [5, 5.41) is 3.51. The van der Waals surface area contributed by atoms with Crippen molar-refractivity contribution < 1.29 is 1.43 Å². The first-order valence-electron chi connectivity index (χ1n) is 5.05. The van der Waals surface area contributed by atoms with E-state index in [9.17, 15) is 0 Å². The number of amidine groups is 1. The molecule has 0 radical (unpaired) electrons. The van der Waals surface area contributed by atoms with Gasteiger partial charge in [-0.05, 0) is 30.7 Å². The summed E-state index contributed by atoms with van der Waals surface area (Å²) in [6.07, 6.45) is 1.07. The predicted octanol–water partition coefficient (Wildman–Crippen LogP) is 0.662. The Morgan fingerprint density at radius 2 is 2.19 bits per heavy atom. The minimum Gasteiger partial charge on any atom is -0.382 e. The lowest BCUT2D eigenvalue weighted by Crippen LogP contribution is -2.27. The van der Waals surface area contributed by atoms with Crippen LogP contribution >= 0.6 is 0 Å². The van der Waals surface area contributed by atoms with Crippen LogP contribution in [0, 0.1) is 0 Å². The van der Waals surface area contributed by atoms with E-state index in [0.717, 1.165) is 25.1 Å². The standard InChI is InChI=1S/C11H16N4.H3N.H2/c1-15-5-4-8-6-9(11(12)14-13)2-3-10(8)7-15;;/h2-3,6H,4-5,7,13H2,1H3,(H2,12,14);1H3;1H. The molecule has 0 aliphatic carbocycles. The fourth-order valence-electron chi connectivity index (χ4n) is 1.93. The van der Waals surface area contributed by atoms with Gasteiger partial charge in [-0.15, -0.1) is 0 Å². The van der Waals surface area contributed by atoms with E-state index < -0.39 is 0 Å². The Balaban J connectivity index is 0.00000128. The molecule has 0 saturated heterocycles. The quantitative estimate of drug-likeness (QED) is 0.281. The van der Waals surface area contributed by atoms with Gasteiger partial charge in [0.15, 0.2) is 0 Å². The molecule has 1 heterocycles. The summed E-state index contributed by atoms with van der Waals surface area (Å²) in [6.45, 7) is 2.10. The topological polar surface area (TPSA) is 103 Å². The zero-order chi connectivity index (χ0) is 10.8. The van der Waals surface area contributed by atoms with Gasteiger partial charge in [-0.2, -0.15) is 5.10 Å². The van der Waals surface area contributed by atoms with Crippen molar-refractivity contribution >= 4 is 5.84 Å². The second-order valence-electron chi connectivity index (χ2n) is 3.99. The van der Waals surface area contributed by atoms with Gasteiger partial charge in [0.05, 0.1) is 0 Å². The third-order valence-electron chi connectivity index (χ3n) is 2.84. The van der Waals surface area contributed by atoms with E-state index in [-0.39, 0.29) is 7.58 Å². The monoisotopic (exact) mass is 223 g/mol. The van der Waals surface area contributed by atoms with Gasteiger partial charge >= 0.3 is 0 Å². The Kier molecular flexibility index (Phi) is 3.87. The molecule has 1 aliphatic heterocycles. The molecule has 0 unspecified atom stereocenters. The number of fused-ring (bicyclic) bond motifs is 1. The summed E-state index contributed by atoms with van der Waals surface area (Å²) in [6, 6.07) is 6.18. The Bertz CT molecular complexity index is 405. The molecule has 0 fully saturated rings. The lowest BCUT2D eigenvalue weighted by atomic mass is 9.97. The minimum atomic E-state index is 0. The summed E-state index contributed by atoms with van der Waals surface area (Å²) in [4.78, 5) is 2.31. The van der Waals surface area contributed by atoms with Crippen LogP contribution in [0.3, 0.4) is 0 Å². The van der Waals surface area contributed by atoms with Crippen LogP contribution in [0.25, 0.3) is 0 Å². The van der Waals surface area contributed by atoms with Gasteiger partial charge in [-0.1, -0.05) is 12.1 Å². The van der Waals surface area contributed by atoms with Crippen LogP contribution in [0.15, 0.2) is 23.3 Å². The molecule has 16 heavy (non-hydrogen) atoms. The molecule has 7 N–H and O–H groups in total. The van der Waals surface area contributed by atoms with Gasteiger partial charge in [0.1, 0.15) is 5.84 Å². The minimum absolute atomic E-state index is 0. The Morgan fingerprint density at radius 1 is 1.44 bits per heavy atom. The molecular formula is C11H21N5.